The van der Waals surface area contributed by atoms with Crippen LogP contribution in [0.1, 0.15) is 40.6 Å². The lowest BCUT2D eigenvalue weighted by molar-refractivity contribution is -0.116. The highest BCUT2D eigenvalue weighted by atomic mass is 16.4. The second kappa shape index (κ2) is 7.87. The first-order valence-electron chi connectivity index (χ1n) is 7.40. The van der Waals surface area contributed by atoms with Crippen molar-refractivity contribution >= 4 is 29.2 Å². The number of amides is 2. The zero-order chi connectivity index (χ0) is 17.5. The number of rotatable bonds is 6. The third-order valence-corrected chi connectivity index (χ3v) is 3.12. The number of hydrogen-bond acceptors (Lipinski definition) is 4. The van der Waals surface area contributed by atoms with Crippen molar-refractivity contribution in [2.24, 2.45) is 0 Å². The maximum absolute atomic E-state index is 12.2. The molecule has 24 heavy (non-hydrogen) atoms. The van der Waals surface area contributed by atoms with Crippen LogP contribution in [0.15, 0.2) is 42.6 Å². The summed E-state index contributed by atoms with van der Waals surface area (Å²) in [6.07, 6.45) is 2.43. The van der Waals surface area contributed by atoms with Crippen molar-refractivity contribution in [2.75, 3.05) is 10.6 Å². The molecule has 7 heteroatoms. The molecule has 124 valence electrons. The number of aromatic carboxylic acids is 1. The Bertz CT molecular complexity index is 774. The largest absolute Gasteiger partial charge is 0.477 e. The molecule has 1 heterocycles. The molecule has 0 unspecified atom stereocenters. The predicted molar refractivity (Wildman–Crippen MR) is 89.1 cm³/mol. The minimum Gasteiger partial charge on any atom is -0.477 e. The summed E-state index contributed by atoms with van der Waals surface area (Å²) < 4.78 is 0. The van der Waals surface area contributed by atoms with E-state index < -0.39 is 11.9 Å². The van der Waals surface area contributed by atoms with Crippen molar-refractivity contribution in [1.29, 1.82) is 0 Å². The van der Waals surface area contributed by atoms with Gasteiger partial charge in [-0.15, -0.1) is 0 Å². The lowest BCUT2D eigenvalue weighted by Crippen LogP contribution is -2.14. The minimum atomic E-state index is -1.20. The number of carboxylic acid groups (broad SMARTS) is 1. The fourth-order valence-corrected chi connectivity index (χ4v) is 2.02. The van der Waals surface area contributed by atoms with Crippen molar-refractivity contribution in [3.8, 4) is 0 Å². The summed E-state index contributed by atoms with van der Waals surface area (Å²) in [5.41, 5.74) is 1.04. The van der Waals surface area contributed by atoms with Gasteiger partial charge >= 0.3 is 5.97 Å². The monoisotopic (exact) mass is 327 g/mol. The Morgan fingerprint density at radius 2 is 1.79 bits per heavy atom. The van der Waals surface area contributed by atoms with Crippen LogP contribution in [0, 0.1) is 0 Å². The number of nitrogens with zero attached hydrogens (tertiary/aromatic N) is 1. The zero-order valence-corrected chi connectivity index (χ0v) is 13.1. The van der Waals surface area contributed by atoms with Gasteiger partial charge in [-0.05, 0) is 36.8 Å². The zero-order valence-electron chi connectivity index (χ0n) is 13.1. The highest BCUT2D eigenvalue weighted by Gasteiger charge is 2.11. The first kappa shape index (κ1) is 17.1. The summed E-state index contributed by atoms with van der Waals surface area (Å²) in [5.74, 6) is -1.76. The van der Waals surface area contributed by atoms with Crippen LogP contribution in [-0.4, -0.2) is 27.9 Å². The molecule has 0 fully saturated rings. The lowest BCUT2D eigenvalue weighted by Gasteiger charge is -2.09. The number of aromatic nitrogens is 1. The number of carbonyl (C=O) groups excluding carboxylic acids is 2. The van der Waals surface area contributed by atoms with Gasteiger partial charge in [-0.3, -0.25) is 9.59 Å². The van der Waals surface area contributed by atoms with Crippen LogP contribution in [0.4, 0.5) is 11.4 Å². The van der Waals surface area contributed by atoms with E-state index in [1.165, 1.54) is 18.3 Å². The number of hydrogen-bond donors (Lipinski definition) is 3. The van der Waals surface area contributed by atoms with Crippen LogP contribution in [-0.2, 0) is 4.79 Å². The Morgan fingerprint density at radius 1 is 1.08 bits per heavy atom. The minimum absolute atomic E-state index is 0.0961. The molecule has 0 aliphatic heterocycles. The van der Waals surface area contributed by atoms with Gasteiger partial charge in [0.15, 0.2) is 0 Å². The fourth-order valence-electron chi connectivity index (χ4n) is 2.02. The van der Waals surface area contributed by atoms with E-state index >= 15 is 0 Å². The van der Waals surface area contributed by atoms with Crippen molar-refractivity contribution in [3.05, 3.63) is 53.9 Å². The van der Waals surface area contributed by atoms with Crippen LogP contribution in [0.2, 0.25) is 0 Å². The summed E-state index contributed by atoms with van der Waals surface area (Å²) in [5, 5.41) is 14.3. The lowest BCUT2D eigenvalue weighted by atomic mass is 10.2. The van der Waals surface area contributed by atoms with Gasteiger partial charge in [0.1, 0.15) is 5.69 Å². The van der Waals surface area contributed by atoms with Crippen molar-refractivity contribution in [3.63, 3.8) is 0 Å². The molecule has 0 atom stereocenters. The van der Waals surface area contributed by atoms with Crippen LogP contribution in [0.25, 0.3) is 0 Å². The summed E-state index contributed by atoms with van der Waals surface area (Å²) in [4.78, 5) is 38.4. The Balaban J connectivity index is 2.10. The maximum Gasteiger partial charge on any atom is 0.354 e. The Kier molecular flexibility index (Phi) is 5.62. The third kappa shape index (κ3) is 4.64. The van der Waals surface area contributed by atoms with Crippen LogP contribution in [0.5, 0.6) is 0 Å². The van der Waals surface area contributed by atoms with E-state index in [4.69, 9.17) is 5.11 Å². The van der Waals surface area contributed by atoms with Gasteiger partial charge < -0.3 is 15.7 Å². The van der Waals surface area contributed by atoms with Crippen molar-refractivity contribution < 1.29 is 19.5 Å². The van der Waals surface area contributed by atoms with Crippen molar-refractivity contribution in [2.45, 2.75) is 19.8 Å². The van der Waals surface area contributed by atoms with E-state index in [2.05, 4.69) is 15.6 Å². The maximum atomic E-state index is 12.2. The Hall–Kier alpha value is -3.22. The molecule has 0 aliphatic rings. The molecule has 3 N–H and O–H groups in total. The van der Waals surface area contributed by atoms with E-state index in [0.717, 1.165) is 6.42 Å². The second-order valence-electron chi connectivity index (χ2n) is 5.07. The summed E-state index contributed by atoms with van der Waals surface area (Å²) in [6, 6.07) is 9.35. The number of pyridine rings is 1. The van der Waals surface area contributed by atoms with E-state index in [1.54, 1.807) is 24.3 Å². The van der Waals surface area contributed by atoms with Crippen LogP contribution >= 0.6 is 0 Å². The molecule has 1 aromatic carbocycles. The summed E-state index contributed by atoms with van der Waals surface area (Å²) >= 11 is 0. The highest BCUT2D eigenvalue weighted by Crippen LogP contribution is 2.16. The number of carbonyl (C=O) groups is 3. The number of benzene rings is 1. The smallest absolute Gasteiger partial charge is 0.354 e. The van der Waals surface area contributed by atoms with Gasteiger partial charge in [-0.25, -0.2) is 9.78 Å². The predicted octanol–water partition coefficient (Wildman–Crippen LogP) is 2.77. The quantitative estimate of drug-likeness (QED) is 0.756. The average molecular weight is 327 g/mol. The summed E-state index contributed by atoms with van der Waals surface area (Å²) in [7, 11) is 0. The fraction of sp³-hybridized carbons (Fsp3) is 0.176. The molecule has 1 aromatic heterocycles. The van der Waals surface area contributed by atoms with Gasteiger partial charge in [0.05, 0.1) is 0 Å². The molecule has 0 saturated carbocycles. The van der Waals surface area contributed by atoms with Crippen LogP contribution in [0.3, 0.4) is 0 Å². The second-order valence-corrected chi connectivity index (χ2v) is 5.07. The molecule has 0 spiro atoms. The van der Waals surface area contributed by atoms with E-state index in [-0.39, 0.29) is 17.2 Å². The molecule has 0 radical (unpaired) electrons. The molecular weight excluding hydrogens is 310 g/mol. The highest BCUT2D eigenvalue weighted by molar-refractivity contribution is 6.05. The molecular formula is C17H17N3O4. The first-order valence-corrected chi connectivity index (χ1v) is 7.40. The van der Waals surface area contributed by atoms with E-state index in [0.29, 0.717) is 17.8 Å². The van der Waals surface area contributed by atoms with Crippen LogP contribution < -0.4 is 10.6 Å². The Morgan fingerprint density at radius 3 is 2.46 bits per heavy atom. The molecule has 2 amide bonds. The molecule has 0 saturated heterocycles. The number of nitrogens with one attached hydrogen (secondary N) is 2. The average Bonchev–Trinajstić information content (AvgIpc) is 2.55. The third-order valence-electron chi connectivity index (χ3n) is 3.12. The van der Waals surface area contributed by atoms with Gasteiger partial charge in [0.2, 0.25) is 5.91 Å². The number of carboxylic acids is 1. The van der Waals surface area contributed by atoms with Gasteiger partial charge in [0, 0.05) is 29.6 Å². The molecule has 2 rings (SSSR count). The molecule has 2 aromatic rings. The standard InChI is InChI=1S/C17H17N3O4/c1-2-4-15(21)19-12-5-3-6-13(10-12)20-16(22)11-7-8-18-14(9-11)17(23)24/h3,5-10H,2,4H2,1H3,(H,19,21)(H,20,22)(H,23,24). The topological polar surface area (TPSA) is 108 Å². The molecule has 7 nitrogen and oxygen atoms in total. The number of anilines is 2. The van der Waals surface area contributed by atoms with E-state index in [9.17, 15) is 14.4 Å². The van der Waals surface area contributed by atoms with E-state index in [1.807, 2.05) is 6.92 Å². The normalized spacial score (nSPS) is 10.0. The molecule has 0 aliphatic carbocycles. The van der Waals surface area contributed by atoms with Gasteiger partial charge in [0.25, 0.3) is 5.91 Å². The van der Waals surface area contributed by atoms with Crippen molar-refractivity contribution in [1.82, 2.24) is 4.98 Å². The summed E-state index contributed by atoms with van der Waals surface area (Å²) in [6.45, 7) is 1.91. The van der Waals surface area contributed by atoms with Gasteiger partial charge in [-0.1, -0.05) is 13.0 Å². The van der Waals surface area contributed by atoms with Gasteiger partial charge in [-0.2, -0.15) is 0 Å². The molecule has 0 bridgehead atoms. The SMILES string of the molecule is CCCC(=O)Nc1cccc(NC(=O)c2ccnc(C(=O)O)c2)c1. The Labute approximate surface area is 138 Å². The first-order chi connectivity index (χ1) is 11.5.